The fraction of sp³-hybridized carbons (Fsp3) is 0.0870. The monoisotopic (exact) mass is 470 g/mol. The molecule has 0 amide bonds. The van der Waals surface area contributed by atoms with Gasteiger partial charge in [0.05, 0.1) is 29.2 Å². The van der Waals surface area contributed by atoms with Gasteiger partial charge in [-0.1, -0.05) is 11.6 Å². The van der Waals surface area contributed by atoms with Crippen molar-refractivity contribution in [3.63, 3.8) is 0 Å². The number of carbonyl (C=O) groups is 1. The summed E-state index contributed by atoms with van der Waals surface area (Å²) in [5.41, 5.74) is 3.46. The summed E-state index contributed by atoms with van der Waals surface area (Å²) in [7, 11) is 0. The zero-order chi connectivity index (χ0) is 23.8. The van der Waals surface area contributed by atoms with Crippen molar-refractivity contribution in [3.05, 3.63) is 77.0 Å². The van der Waals surface area contributed by atoms with E-state index < -0.39 is 0 Å². The number of aromatic nitrogens is 7. The molecule has 34 heavy (non-hydrogen) atoms. The number of hydrogen-bond donors (Lipinski definition) is 0. The second-order valence-electron chi connectivity index (χ2n) is 7.37. The summed E-state index contributed by atoms with van der Waals surface area (Å²) >= 11 is 5.76. The average Bonchev–Trinajstić information content (AvgIpc) is 3.43. The van der Waals surface area contributed by atoms with Crippen molar-refractivity contribution in [2.75, 3.05) is 0 Å². The molecule has 0 aromatic carbocycles. The van der Waals surface area contributed by atoms with E-state index in [4.69, 9.17) is 21.3 Å². The fourth-order valence-electron chi connectivity index (χ4n) is 3.48. The average molecular weight is 471 g/mol. The quantitative estimate of drug-likeness (QED) is 0.350. The highest BCUT2D eigenvalue weighted by molar-refractivity contribution is 6.29. The molecule has 5 aromatic heterocycles. The first kappa shape index (κ1) is 21.2. The van der Waals surface area contributed by atoms with E-state index in [9.17, 15) is 10.1 Å². The van der Waals surface area contributed by atoms with E-state index >= 15 is 0 Å². The maximum Gasteiger partial charge on any atom is 0.239 e. The largest absolute Gasteiger partial charge is 0.436 e. The number of Topliss-reactive ketones (excluding diaryl/α,β-unsaturated/α-hetero) is 1. The molecule has 0 unspecified atom stereocenters. The van der Waals surface area contributed by atoms with Gasteiger partial charge in [-0.15, -0.1) is 10.2 Å². The lowest BCUT2D eigenvalue weighted by molar-refractivity contribution is 0.101. The van der Waals surface area contributed by atoms with Crippen LogP contribution in [0.25, 0.3) is 22.6 Å². The summed E-state index contributed by atoms with van der Waals surface area (Å²) in [5, 5.41) is 25.8. The first-order valence-corrected chi connectivity index (χ1v) is 10.4. The highest BCUT2D eigenvalue weighted by atomic mass is 35.5. The van der Waals surface area contributed by atoms with Crippen LogP contribution < -0.4 is 4.74 Å². The molecule has 166 valence electrons. The molecule has 10 nitrogen and oxygen atoms in total. The van der Waals surface area contributed by atoms with Gasteiger partial charge in [0.1, 0.15) is 11.8 Å². The Morgan fingerprint density at radius 2 is 2.00 bits per heavy atom. The van der Waals surface area contributed by atoms with Gasteiger partial charge >= 0.3 is 0 Å². The van der Waals surface area contributed by atoms with Crippen LogP contribution in [-0.2, 0) is 0 Å². The van der Waals surface area contributed by atoms with Gasteiger partial charge in [-0.05, 0) is 50.2 Å². The minimum absolute atomic E-state index is 0.158. The molecule has 0 radical (unpaired) electrons. The molecule has 0 spiro atoms. The molecule has 5 rings (SSSR count). The number of halogens is 1. The second kappa shape index (κ2) is 8.38. The Kier molecular flexibility index (Phi) is 5.24. The number of hydrogen-bond acceptors (Lipinski definition) is 8. The third kappa shape index (κ3) is 3.85. The Labute approximate surface area is 198 Å². The van der Waals surface area contributed by atoms with Crippen molar-refractivity contribution >= 4 is 22.9 Å². The minimum atomic E-state index is -0.158. The highest BCUT2D eigenvalue weighted by Gasteiger charge is 2.18. The molecule has 11 heteroatoms. The van der Waals surface area contributed by atoms with E-state index in [0.717, 1.165) is 11.1 Å². The topological polar surface area (TPSA) is 124 Å². The molecular formula is C23H15ClN8O2. The Bertz CT molecular complexity index is 1600. The van der Waals surface area contributed by atoms with Crippen molar-refractivity contribution in [1.29, 1.82) is 5.26 Å². The van der Waals surface area contributed by atoms with Gasteiger partial charge in [0.2, 0.25) is 5.88 Å². The fourth-order valence-corrected chi connectivity index (χ4v) is 3.58. The number of aryl methyl sites for hydroxylation is 1. The number of carbonyl (C=O) groups excluding carboxylic acids is 1. The zero-order valence-corrected chi connectivity index (χ0v) is 18.7. The summed E-state index contributed by atoms with van der Waals surface area (Å²) in [6.07, 6.45) is 3.38. The lowest BCUT2D eigenvalue weighted by atomic mass is 10.1. The third-order valence-electron chi connectivity index (χ3n) is 5.05. The van der Waals surface area contributed by atoms with Crippen LogP contribution in [0.1, 0.15) is 28.7 Å². The Balaban J connectivity index is 1.55. The molecule has 0 bridgehead atoms. The van der Waals surface area contributed by atoms with Crippen LogP contribution in [0.5, 0.6) is 11.6 Å². The van der Waals surface area contributed by atoms with E-state index in [-0.39, 0.29) is 16.6 Å². The van der Waals surface area contributed by atoms with Crippen LogP contribution in [0.15, 0.2) is 54.9 Å². The number of nitrogens with zero attached hydrogens (tertiary/aromatic N) is 8. The number of pyridine rings is 2. The van der Waals surface area contributed by atoms with Gasteiger partial charge in [0, 0.05) is 17.3 Å². The molecule has 0 fully saturated rings. The van der Waals surface area contributed by atoms with Crippen molar-refractivity contribution in [2.45, 2.75) is 13.8 Å². The van der Waals surface area contributed by atoms with Crippen molar-refractivity contribution in [2.24, 2.45) is 0 Å². The van der Waals surface area contributed by atoms with Crippen molar-refractivity contribution < 1.29 is 9.53 Å². The number of fused-ring (bicyclic) bond motifs is 1. The normalized spacial score (nSPS) is 10.9. The maximum absolute atomic E-state index is 12.3. The number of ketones is 1. The smallest absolute Gasteiger partial charge is 0.239 e. The molecule has 5 heterocycles. The van der Waals surface area contributed by atoms with E-state index in [1.165, 1.54) is 11.6 Å². The molecule has 0 saturated heterocycles. The molecule has 0 saturated carbocycles. The summed E-state index contributed by atoms with van der Waals surface area (Å²) in [5.74, 6) is 1.00. The van der Waals surface area contributed by atoms with Crippen LogP contribution in [-0.4, -0.2) is 40.4 Å². The molecular weight excluding hydrogens is 456 g/mol. The molecule has 0 aliphatic rings. The molecule has 0 N–H and O–H groups in total. The SMILES string of the molecule is CC(=O)c1ccc(-c2cnn3cc(Oc4ccc(Cl)nn4)ccc23)nc1-n1nc(C#N)cc1C. The van der Waals surface area contributed by atoms with Gasteiger partial charge in [-0.2, -0.15) is 15.5 Å². The third-order valence-corrected chi connectivity index (χ3v) is 5.25. The van der Waals surface area contributed by atoms with Crippen LogP contribution in [0.3, 0.4) is 0 Å². The first-order chi connectivity index (χ1) is 16.4. The number of nitriles is 1. The Morgan fingerprint density at radius 1 is 1.15 bits per heavy atom. The van der Waals surface area contributed by atoms with Gasteiger partial charge in [0.15, 0.2) is 22.4 Å². The minimum Gasteiger partial charge on any atom is -0.436 e. The van der Waals surface area contributed by atoms with Gasteiger partial charge in [0.25, 0.3) is 0 Å². The summed E-state index contributed by atoms with van der Waals surface area (Å²) in [6.45, 7) is 3.26. The lowest BCUT2D eigenvalue weighted by Gasteiger charge is -2.10. The van der Waals surface area contributed by atoms with Crippen molar-refractivity contribution in [3.8, 4) is 34.8 Å². The summed E-state index contributed by atoms with van der Waals surface area (Å²) in [6, 6.07) is 13.9. The summed E-state index contributed by atoms with van der Waals surface area (Å²) in [4.78, 5) is 17.0. The van der Waals surface area contributed by atoms with Crippen molar-refractivity contribution in [1.82, 2.24) is 34.6 Å². The highest BCUT2D eigenvalue weighted by Crippen LogP contribution is 2.28. The standard InChI is InChI=1S/C23H15ClN8O2/c1-13-9-15(10-25)30-32(13)23-17(14(2)33)4-5-19(27-23)18-11-26-31-12-16(3-6-20(18)31)34-22-8-7-21(24)28-29-22/h3-9,11-12H,1-2H3. The molecule has 5 aromatic rings. The zero-order valence-electron chi connectivity index (χ0n) is 18.0. The van der Waals surface area contributed by atoms with E-state index in [1.54, 1.807) is 60.2 Å². The Morgan fingerprint density at radius 3 is 2.71 bits per heavy atom. The van der Waals surface area contributed by atoms with Gasteiger partial charge in [-0.25, -0.2) is 14.2 Å². The van der Waals surface area contributed by atoms with E-state index in [2.05, 4.69) is 20.4 Å². The predicted octanol–water partition coefficient (Wildman–Crippen LogP) is 4.20. The number of ether oxygens (including phenoxy) is 1. The van der Waals surface area contributed by atoms with E-state index in [1.807, 2.05) is 12.1 Å². The summed E-state index contributed by atoms with van der Waals surface area (Å²) < 4.78 is 8.87. The van der Waals surface area contributed by atoms with Gasteiger partial charge < -0.3 is 4.74 Å². The lowest BCUT2D eigenvalue weighted by Crippen LogP contribution is -2.09. The van der Waals surface area contributed by atoms with Gasteiger partial charge in [-0.3, -0.25) is 4.79 Å². The predicted molar refractivity (Wildman–Crippen MR) is 122 cm³/mol. The number of rotatable bonds is 5. The molecule has 0 aliphatic heterocycles. The molecule has 0 aliphatic carbocycles. The van der Waals surface area contributed by atoms with E-state index in [0.29, 0.717) is 34.4 Å². The molecule has 0 atom stereocenters. The Hall–Kier alpha value is -4.62. The van der Waals surface area contributed by atoms with Crippen LogP contribution >= 0.6 is 11.6 Å². The second-order valence-corrected chi connectivity index (χ2v) is 7.75. The van der Waals surface area contributed by atoms with Crippen LogP contribution in [0, 0.1) is 18.3 Å². The maximum atomic E-state index is 12.3. The van der Waals surface area contributed by atoms with Crippen LogP contribution in [0.2, 0.25) is 5.15 Å². The van der Waals surface area contributed by atoms with Crippen LogP contribution in [0.4, 0.5) is 0 Å². The first-order valence-electron chi connectivity index (χ1n) is 10.1.